The Morgan fingerprint density at radius 3 is 2.08 bits per heavy atom. The fraction of sp³-hybridized carbons (Fsp3) is 0.0204. The summed E-state index contributed by atoms with van der Waals surface area (Å²) in [7, 11) is 0. The van der Waals surface area contributed by atoms with Crippen LogP contribution in [0, 0.1) is 0 Å². The first-order valence-electron chi connectivity index (χ1n) is 17.8. The van der Waals surface area contributed by atoms with Crippen LogP contribution in [-0.4, -0.2) is 12.1 Å². The second kappa shape index (κ2) is 13.2. The summed E-state index contributed by atoms with van der Waals surface area (Å²) in [5.74, 6) is 0.684. The van der Waals surface area contributed by atoms with Crippen LogP contribution in [0.5, 0.6) is 0 Å². The second-order valence-corrected chi connectivity index (χ2v) is 14.4. The highest BCUT2D eigenvalue weighted by Crippen LogP contribution is 2.45. The molecule has 0 unspecified atom stereocenters. The first-order valence-corrected chi connectivity index (χ1v) is 18.7. The Labute approximate surface area is 310 Å². The summed E-state index contributed by atoms with van der Waals surface area (Å²) in [6, 6.07) is 61.9. The van der Waals surface area contributed by atoms with Gasteiger partial charge in [-0.2, -0.15) is 0 Å². The molecule has 250 valence electrons. The van der Waals surface area contributed by atoms with Gasteiger partial charge in [0.25, 0.3) is 0 Å². The lowest BCUT2D eigenvalue weighted by molar-refractivity contribution is 0.668. The first kappa shape index (κ1) is 31.1. The summed E-state index contributed by atoms with van der Waals surface area (Å²) in [4.78, 5) is 9.96. The van der Waals surface area contributed by atoms with Gasteiger partial charge in [-0.25, -0.2) is 4.99 Å². The van der Waals surface area contributed by atoms with Crippen LogP contribution in [0.1, 0.15) is 16.7 Å². The van der Waals surface area contributed by atoms with E-state index in [1.165, 1.54) is 47.6 Å². The van der Waals surface area contributed by atoms with Gasteiger partial charge in [0.2, 0.25) is 0 Å². The Morgan fingerprint density at radius 2 is 1.25 bits per heavy atom. The molecule has 0 atom stereocenters. The van der Waals surface area contributed by atoms with Gasteiger partial charge < -0.3 is 4.42 Å². The molecule has 2 aromatic heterocycles. The molecule has 0 aliphatic heterocycles. The smallest absolute Gasteiger partial charge is 0.154 e. The minimum Gasteiger partial charge on any atom is -0.456 e. The van der Waals surface area contributed by atoms with E-state index in [9.17, 15) is 0 Å². The van der Waals surface area contributed by atoms with Crippen molar-refractivity contribution in [3.63, 3.8) is 0 Å². The number of hydrogen-bond acceptors (Lipinski definition) is 3. The van der Waals surface area contributed by atoms with Crippen LogP contribution < -0.4 is 0 Å². The van der Waals surface area contributed by atoms with E-state index in [2.05, 4.69) is 140 Å². The quantitative estimate of drug-likeness (QED) is 0.126. The van der Waals surface area contributed by atoms with Gasteiger partial charge in [0.15, 0.2) is 5.84 Å². The van der Waals surface area contributed by atoms with Crippen LogP contribution in [0.4, 0.5) is 0 Å². The summed E-state index contributed by atoms with van der Waals surface area (Å²) in [6.07, 6.45) is 1.88. The molecule has 4 heteroatoms. The highest BCUT2D eigenvalue weighted by Gasteiger charge is 2.18. The maximum Gasteiger partial charge on any atom is 0.154 e. The predicted molar refractivity (Wildman–Crippen MR) is 226 cm³/mol. The molecule has 0 saturated heterocycles. The highest BCUT2D eigenvalue weighted by atomic mass is 32.1. The minimum atomic E-state index is 0.467. The summed E-state index contributed by atoms with van der Waals surface area (Å²) in [5.41, 5.74) is 9.52. The summed E-state index contributed by atoms with van der Waals surface area (Å²) in [5, 5.41) is 7.36. The van der Waals surface area contributed by atoms with Gasteiger partial charge in [-0.05, 0) is 63.0 Å². The topological polar surface area (TPSA) is 37.9 Å². The lowest BCUT2D eigenvalue weighted by atomic mass is 9.92. The monoisotopic (exact) mass is 696 g/mol. The van der Waals surface area contributed by atoms with E-state index in [4.69, 9.17) is 14.4 Å². The fourth-order valence-electron chi connectivity index (χ4n) is 7.45. The lowest BCUT2D eigenvalue weighted by Crippen LogP contribution is -2.00. The molecule has 10 aromatic rings. The number of hydrogen-bond donors (Lipinski definition) is 0. The molecule has 0 fully saturated rings. The molecule has 0 spiro atoms. The van der Waals surface area contributed by atoms with Crippen LogP contribution in [-0.2, 0) is 6.54 Å². The number of aliphatic imine (C=N–C) groups is 2. The van der Waals surface area contributed by atoms with E-state index in [-0.39, 0.29) is 0 Å². The van der Waals surface area contributed by atoms with Crippen molar-refractivity contribution in [3.8, 4) is 22.3 Å². The largest absolute Gasteiger partial charge is 0.456 e. The molecule has 0 bridgehead atoms. The standard InChI is InChI=1S/C49H32N2OS/c1-3-12-32(13-4-1)30-50-49(36-25-23-35(24-26-36)34-14-5-2-6-15-34)51-31-33-22-27-41-45(28-33)52-44-20-11-19-39(47(41)44)42-29-43-38-17-9-10-21-46(38)53-48(43)40-18-8-7-16-37(40)42/h1-30H,31H2. The van der Waals surface area contributed by atoms with Crippen molar-refractivity contribution in [1.29, 1.82) is 0 Å². The molecule has 2 heterocycles. The Kier molecular flexibility index (Phi) is 7.74. The van der Waals surface area contributed by atoms with Gasteiger partial charge in [0, 0.05) is 48.1 Å². The van der Waals surface area contributed by atoms with E-state index < -0.39 is 0 Å². The normalized spacial score (nSPS) is 12.3. The zero-order valence-electron chi connectivity index (χ0n) is 28.7. The average molecular weight is 697 g/mol. The third-order valence-electron chi connectivity index (χ3n) is 10.0. The minimum absolute atomic E-state index is 0.467. The Hall–Kier alpha value is -6.62. The van der Waals surface area contributed by atoms with Crippen molar-refractivity contribution >= 4 is 76.3 Å². The fourth-order valence-corrected chi connectivity index (χ4v) is 8.67. The van der Waals surface area contributed by atoms with E-state index >= 15 is 0 Å². The van der Waals surface area contributed by atoms with Crippen molar-refractivity contribution in [2.75, 3.05) is 0 Å². The zero-order valence-corrected chi connectivity index (χ0v) is 29.6. The van der Waals surface area contributed by atoms with Crippen molar-refractivity contribution in [2.45, 2.75) is 6.54 Å². The maximum atomic E-state index is 6.59. The van der Waals surface area contributed by atoms with Crippen molar-refractivity contribution < 1.29 is 4.42 Å². The van der Waals surface area contributed by atoms with E-state index in [1.807, 2.05) is 53.9 Å². The van der Waals surface area contributed by atoms with Gasteiger partial charge >= 0.3 is 0 Å². The molecule has 10 rings (SSSR count). The maximum absolute atomic E-state index is 6.59. The number of amidine groups is 1. The molecular weight excluding hydrogens is 665 g/mol. The van der Waals surface area contributed by atoms with E-state index in [0.717, 1.165) is 44.2 Å². The molecule has 8 aromatic carbocycles. The van der Waals surface area contributed by atoms with Gasteiger partial charge in [-0.3, -0.25) is 4.99 Å². The number of fused-ring (bicyclic) bond motifs is 8. The van der Waals surface area contributed by atoms with Gasteiger partial charge in [-0.1, -0.05) is 152 Å². The number of nitrogens with zero attached hydrogens (tertiary/aromatic N) is 2. The van der Waals surface area contributed by atoms with Gasteiger partial charge in [0.1, 0.15) is 11.2 Å². The van der Waals surface area contributed by atoms with Crippen molar-refractivity contribution in [3.05, 3.63) is 193 Å². The van der Waals surface area contributed by atoms with Crippen LogP contribution in [0.2, 0.25) is 0 Å². The van der Waals surface area contributed by atoms with Crippen LogP contribution >= 0.6 is 11.3 Å². The summed E-state index contributed by atoms with van der Waals surface area (Å²) < 4.78 is 9.23. The molecule has 3 nitrogen and oxygen atoms in total. The highest BCUT2D eigenvalue weighted by molar-refractivity contribution is 7.26. The van der Waals surface area contributed by atoms with Crippen LogP contribution in [0.3, 0.4) is 0 Å². The second-order valence-electron chi connectivity index (χ2n) is 13.3. The first-order chi connectivity index (χ1) is 26.3. The molecule has 0 saturated carbocycles. The van der Waals surface area contributed by atoms with Crippen molar-refractivity contribution in [2.24, 2.45) is 9.98 Å². The lowest BCUT2D eigenvalue weighted by Gasteiger charge is -2.10. The summed E-state index contributed by atoms with van der Waals surface area (Å²) in [6.45, 7) is 0.467. The van der Waals surface area contributed by atoms with E-state index in [1.54, 1.807) is 0 Å². The number of rotatable bonds is 6. The molecule has 0 aliphatic rings. The molecule has 0 radical (unpaired) electrons. The third kappa shape index (κ3) is 5.70. The predicted octanol–water partition coefficient (Wildman–Crippen LogP) is 13.5. The Balaban J connectivity index is 1.05. The third-order valence-corrected chi connectivity index (χ3v) is 11.3. The molecule has 0 amide bonds. The van der Waals surface area contributed by atoms with Gasteiger partial charge in [-0.15, -0.1) is 11.3 Å². The zero-order chi connectivity index (χ0) is 35.1. The SMILES string of the molecule is C(=NC(=NCc1ccc2c(c1)oc1cccc(-c3cc4c5ccccc5sc4c4ccccc34)c12)c1ccc(-c2ccccc2)cc1)c1ccccc1. The van der Waals surface area contributed by atoms with Crippen LogP contribution in [0.15, 0.2) is 190 Å². The molecule has 0 aliphatic carbocycles. The summed E-state index contributed by atoms with van der Waals surface area (Å²) >= 11 is 1.87. The van der Waals surface area contributed by atoms with E-state index in [0.29, 0.717) is 12.4 Å². The Bertz CT molecular complexity index is 3010. The number of furan rings is 1. The van der Waals surface area contributed by atoms with Gasteiger partial charge in [0.05, 0.1) is 6.54 Å². The van der Waals surface area contributed by atoms with Crippen molar-refractivity contribution in [1.82, 2.24) is 0 Å². The van der Waals surface area contributed by atoms with Crippen LogP contribution in [0.25, 0.3) is 75.1 Å². The Morgan fingerprint density at radius 1 is 0.528 bits per heavy atom. The number of benzene rings is 8. The molecule has 53 heavy (non-hydrogen) atoms. The number of thiophene rings is 1. The molecule has 0 N–H and O–H groups in total. The molecular formula is C49H32N2OS. The average Bonchev–Trinajstić information content (AvgIpc) is 3.80.